The molecule has 0 radical (unpaired) electrons. The first-order valence-corrected chi connectivity index (χ1v) is 8.42. The van der Waals surface area contributed by atoms with Crippen molar-refractivity contribution in [3.8, 4) is 0 Å². The number of benzene rings is 1. The topological polar surface area (TPSA) is 98.4 Å². The Kier molecular flexibility index (Phi) is 3.87. The van der Waals surface area contributed by atoms with Gasteiger partial charge in [-0.25, -0.2) is 9.78 Å². The Morgan fingerprint density at radius 2 is 2.12 bits per heavy atom. The van der Waals surface area contributed by atoms with Gasteiger partial charge in [0.05, 0.1) is 17.6 Å². The summed E-state index contributed by atoms with van der Waals surface area (Å²) >= 11 is 0. The van der Waals surface area contributed by atoms with Crippen LogP contribution in [0.2, 0.25) is 0 Å². The standard InChI is InChI=1S/C17H19N5O3/c23-14-8-18-17(25)22(14)10-15(24)21-7-3-4-11(9-21)16-19-12-5-1-2-6-13(12)20-16/h1-2,5-6,11H,3-4,7-10H2,(H,18,25)(H,19,20)/t11-/m0/s1. The maximum atomic E-state index is 12.5. The van der Waals surface area contributed by atoms with Gasteiger partial charge in [0.25, 0.3) is 5.91 Å². The molecule has 0 spiro atoms. The van der Waals surface area contributed by atoms with Crippen molar-refractivity contribution in [3.63, 3.8) is 0 Å². The van der Waals surface area contributed by atoms with E-state index in [1.54, 1.807) is 4.90 Å². The summed E-state index contributed by atoms with van der Waals surface area (Å²) in [5.41, 5.74) is 1.90. The third kappa shape index (κ3) is 2.95. The number of amides is 4. The fourth-order valence-electron chi connectivity index (χ4n) is 3.44. The van der Waals surface area contributed by atoms with Crippen LogP contribution in [0.1, 0.15) is 24.6 Å². The zero-order chi connectivity index (χ0) is 17.4. The predicted octanol–water partition coefficient (Wildman–Crippen LogP) is 0.821. The molecule has 2 fully saturated rings. The molecule has 2 N–H and O–H groups in total. The molecule has 0 bridgehead atoms. The number of hydrogen-bond acceptors (Lipinski definition) is 4. The van der Waals surface area contributed by atoms with Crippen LogP contribution in [0.25, 0.3) is 11.0 Å². The minimum atomic E-state index is -0.496. The molecule has 0 saturated carbocycles. The zero-order valence-corrected chi connectivity index (χ0v) is 13.7. The molecule has 0 aliphatic carbocycles. The number of H-pyrrole nitrogens is 1. The van der Waals surface area contributed by atoms with Crippen LogP contribution in [0.3, 0.4) is 0 Å². The highest BCUT2D eigenvalue weighted by molar-refractivity contribution is 6.04. The van der Waals surface area contributed by atoms with E-state index in [-0.39, 0.29) is 30.8 Å². The second-order valence-electron chi connectivity index (χ2n) is 6.46. The van der Waals surface area contributed by atoms with Gasteiger partial charge in [-0.3, -0.25) is 14.5 Å². The number of nitrogens with zero attached hydrogens (tertiary/aromatic N) is 3. The van der Waals surface area contributed by atoms with E-state index in [2.05, 4.69) is 15.3 Å². The van der Waals surface area contributed by atoms with Crippen molar-refractivity contribution in [3.05, 3.63) is 30.1 Å². The van der Waals surface area contributed by atoms with Gasteiger partial charge in [0.15, 0.2) is 0 Å². The third-order valence-electron chi connectivity index (χ3n) is 4.80. The summed E-state index contributed by atoms with van der Waals surface area (Å²) in [7, 11) is 0. The lowest BCUT2D eigenvalue weighted by Gasteiger charge is -2.32. The maximum absolute atomic E-state index is 12.5. The van der Waals surface area contributed by atoms with Crippen molar-refractivity contribution in [1.82, 2.24) is 25.1 Å². The molecule has 1 aromatic heterocycles. The van der Waals surface area contributed by atoms with E-state index >= 15 is 0 Å². The minimum absolute atomic E-state index is 0.0340. The summed E-state index contributed by atoms with van der Waals surface area (Å²) in [6, 6.07) is 7.35. The highest BCUT2D eigenvalue weighted by Gasteiger charge is 2.33. The number of urea groups is 1. The number of aromatic nitrogens is 2. The number of para-hydroxylation sites is 2. The molecule has 4 rings (SSSR count). The first kappa shape index (κ1) is 15.6. The van der Waals surface area contributed by atoms with E-state index in [0.717, 1.165) is 34.6 Å². The van der Waals surface area contributed by atoms with Crippen molar-refractivity contribution < 1.29 is 14.4 Å². The second-order valence-corrected chi connectivity index (χ2v) is 6.46. The Morgan fingerprint density at radius 3 is 2.88 bits per heavy atom. The van der Waals surface area contributed by atoms with Gasteiger partial charge >= 0.3 is 6.03 Å². The Morgan fingerprint density at radius 1 is 1.28 bits per heavy atom. The molecule has 1 atom stereocenters. The number of imide groups is 1. The van der Waals surface area contributed by atoms with Crippen LogP contribution in [0.5, 0.6) is 0 Å². The zero-order valence-electron chi connectivity index (χ0n) is 13.7. The smallest absolute Gasteiger partial charge is 0.325 e. The average Bonchev–Trinajstić information content (AvgIpc) is 3.20. The van der Waals surface area contributed by atoms with Gasteiger partial charge in [-0.15, -0.1) is 0 Å². The Bertz CT molecular complexity index is 797. The van der Waals surface area contributed by atoms with Crippen LogP contribution in [0.15, 0.2) is 24.3 Å². The Hall–Kier alpha value is -2.90. The third-order valence-corrected chi connectivity index (χ3v) is 4.80. The van der Waals surface area contributed by atoms with Crippen LogP contribution in [0, 0.1) is 0 Å². The average molecular weight is 341 g/mol. The molecule has 25 heavy (non-hydrogen) atoms. The molecular weight excluding hydrogens is 322 g/mol. The fourth-order valence-corrected chi connectivity index (χ4v) is 3.44. The van der Waals surface area contributed by atoms with Gasteiger partial charge in [-0.2, -0.15) is 0 Å². The van der Waals surface area contributed by atoms with Crippen molar-refractivity contribution in [2.45, 2.75) is 18.8 Å². The van der Waals surface area contributed by atoms with Crippen molar-refractivity contribution >= 4 is 28.9 Å². The lowest BCUT2D eigenvalue weighted by molar-refractivity contribution is -0.137. The van der Waals surface area contributed by atoms with Crippen LogP contribution < -0.4 is 5.32 Å². The molecule has 1 aromatic carbocycles. The van der Waals surface area contributed by atoms with Crippen molar-refractivity contribution in [1.29, 1.82) is 0 Å². The monoisotopic (exact) mass is 341 g/mol. The lowest BCUT2D eigenvalue weighted by Crippen LogP contribution is -2.46. The van der Waals surface area contributed by atoms with Gasteiger partial charge in [0, 0.05) is 19.0 Å². The number of fused-ring (bicyclic) bond motifs is 1. The van der Waals surface area contributed by atoms with Crippen molar-refractivity contribution in [2.24, 2.45) is 0 Å². The minimum Gasteiger partial charge on any atom is -0.342 e. The Balaban J connectivity index is 1.46. The van der Waals surface area contributed by atoms with Gasteiger partial charge in [-0.1, -0.05) is 12.1 Å². The second kappa shape index (κ2) is 6.19. The van der Waals surface area contributed by atoms with E-state index in [9.17, 15) is 14.4 Å². The SMILES string of the molecule is O=C(CN1C(=O)CNC1=O)N1CCC[C@H](c2nc3ccccc3[nH]2)C1. The van der Waals surface area contributed by atoms with Gasteiger partial charge < -0.3 is 15.2 Å². The number of likely N-dealkylation sites (tertiary alicyclic amines) is 1. The van der Waals surface area contributed by atoms with E-state index < -0.39 is 6.03 Å². The van der Waals surface area contributed by atoms with E-state index in [4.69, 9.17) is 0 Å². The van der Waals surface area contributed by atoms with Crippen molar-refractivity contribution in [2.75, 3.05) is 26.2 Å². The summed E-state index contributed by atoms with van der Waals surface area (Å²) in [5.74, 6) is 0.456. The van der Waals surface area contributed by atoms with Gasteiger partial charge in [0.2, 0.25) is 5.91 Å². The molecule has 2 saturated heterocycles. The maximum Gasteiger partial charge on any atom is 0.325 e. The molecule has 4 amide bonds. The molecule has 2 aliphatic heterocycles. The molecule has 3 heterocycles. The van der Waals surface area contributed by atoms with Crippen LogP contribution in [-0.4, -0.2) is 63.8 Å². The normalized spacial score (nSPS) is 21.0. The Labute approximate surface area is 144 Å². The molecule has 2 aromatic rings. The molecule has 2 aliphatic rings. The van der Waals surface area contributed by atoms with Gasteiger partial charge in [-0.05, 0) is 25.0 Å². The highest BCUT2D eigenvalue weighted by atomic mass is 16.2. The summed E-state index contributed by atoms with van der Waals surface area (Å²) < 4.78 is 0. The number of rotatable bonds is 3. The summed E-state index contributed by atoms with van der Waals surface area (Å²) in [5, 5.41) is 2.43. The first-order chi connectivity index (χ1) is 12.1. The molecule has 8 heteroatoms. The number of aromatic amines is 1. The molecule has 0 unspecified atom stereocenters. The van der Waals surface area contributed by atoms with Crippen LogP contribution in [0.4, 0.5) is 4.79 Å². The van der Waals surface area contributed by atoms with Crippen LogP contribution in [-0.2, 0) is 9.59 Å². The molecular formula is C17H19N5O3. The quantitative estimate of drug-likeness (QED) is 0.808. The number of carbonyl (C=O) groups excluding carboxylic acids is 3. The first-order valence-electron chi connectivity index (χ1n) is 8.42. The number of imidazole rings is 1. The van der Waals surface area contributed by atoms with E-state index in [1.165, 1.54) is 0 Å². The predicted molar refractivity (Wildman–Crippen MR) is 89.8 cm³/mol. The number of carbonyl (C=O) groups is 3. The number of nitrogens with one attached hydrogen (secondary N) is 2. The number of hydrogen-bond donors (Lipinski definition) is 2. The number of piperidine rings is 1. The molecule has 8 nitrogen and oxygen atoms in total. The highest BCUT2D eigenvalue weighted by Crippen LogP contribution is 2.26. The largest absolute Gasteiger partial charge is 0.342 e. The van der Waals surface area contributed by atoms with Crippen LogP contribution >= 0.6 is 0 Å². The fraction of sp³-hybridized carbons (Fsp3) is 0.412. The summed E-state index contributed by atoms with van der Waals surface area (Å²) in [6.07, 6.45) is 1.82. The van der Waals surface area contributed by atoms with E-state index in [0.29, 0.717) is 13.1 Å². The molecule has 130 valence electrons. The summed E-state index contributed by atoms with van der Waals surface area (Å²) in [6.45, 7) is 0.951. The summed E-state index contributed by atoms with van der Waals surface area (Å²) in [4.78, 5) is 46.4. The van der Waals surface area contributed by atoms with Gasteiger partial charge in [0.1, 0.15) is 12.4 Å². The van der Waals surface area contributed by atoms with E-state index in [1.807, 2.05) is 24.3 Å². The lowest BCUT2D eigenvalue weighted by atomic mass is 9.97.